The topological polar surface area (TPSA) is 105 Å². The average Bonchev–Trinajstić information content (AvgIpc) is 3.16. The van der Waals surface area contributed by atoms with Crippen LogP contribution in [0.2, 0.25) is 0 Å². The van der Waals surface area contributed by atoms with Crippen molar-refractivity contribution in [1.82, 2.24) is 25.1 Å². The SMILES string of the molecule is NC(=O)CN1CCC(NC(=O)NCc2cccc(Cn3cnc4ccccc43)c2)CC1. The van der Waals surface area contributed by atoms with Crippen LogP contribution in [0.25, 0.3) is 11.0 Å². The van der Waals surface area contributed by atoms with Crippen molar-refractivity contribution < 1.29 is 9.59 Å². The van der Waals surface area contributed by atoms with Gasteiger partial charge in [0.15, 0.2) is 0 Å². The molecule has 162 valence electrons. The molecule has 4 rings (SSSR count). The number of fused-ring (bicyclic) bond motifs is 1. The van der Waals surface area contributed by atoms with Gasteiger partial charge in [-0.05, 0) is 36.1 Å². The lowest BCUT2D eigenvalue weighted by atomic mass is 10.1. The predicted octanol–water partition coefficient (Wildman–Crippen LogP) is 1.83. The molecule has 8 nitrogen and oxygen atoms in total. The lowest BCUT2D eigenvalue weighted by Crippen LogP contribution is -2.49. The Morgan fingerprint density at radius 1 is 1.06 bits per heavy atom. The Bertz CT molecular complexity index is 1050. The lowest BCUT2D eigenvalue weighted by molar-refractivity contribution is -0.119. The van der Waals surface area contributed by atoms with Crippen LogP contribution >= 0.6 is 0 Å². The molecule has 2 aromatic carbocycles. The highest BCUT2D eigenvalue weighted by Gasteiger charge is 2.21. The first kappa shape index (κ1) is 20.9. The fraction of sp³-hybridized carbons (Fsp3) is 0.348. The van der Waals surface area contributed by atoms with E-state index in [2.05, 4.69) is 38.4 Å². The molecule has 1 aromatic heterocycles. The van der Waals surface area contributed by atoms with Gasteiger partial charge in [-0.1, -0.05) is 36.4 Å². The molecule has 1 aliphatic heterocycles. The highest BCUT2D eigenvalue weighted by atomic mass is 16.2. The molecule has 0 radical (unpaired) electrons. The quantitative estimate of drug-likeness (QED) is 0.542. The molecule has 4 N–H and O–H groups in total. The summed E-state index contributed by atoms with van der Waals surface area (Å²) in [4.78, 5) is 29.8. The Hall–Kier alpha value is -3.39. The van der Waals surface area contributed by atoms with Gasteiger partial charge in [0.2, 0.25) is 5.91 Å². The molecule has 0 atom stereocenters. The molecular formula is C23H28N6O2. The maximum Gasteiger partial charge on any atom is 0.315 e. The standard InChI is InChI=1S/C23H28N6O2/c24-22(30)15-28-10-8-19(9-11-28)27-23(31)25-13-17-4-3-5-18(12-17)14-29-16-26-20-6-1-2-7-21(20)29/h1-7,12,16,19H,8-11,13-15H2,(H2,24,30)(H2,25,27,31). The van der Waals surface area contributed by atoms with Crippen molar-refractivity contribution in [3.8, 4) is 0 Å². The number of benzene rings is 2. The zero-order valence-electron chi connectivity index (χ0n) is 17.5. The Morgan fingerprint density at radius 3 is 2.65 bits per heavy atom. The first-order valence-corrected chi connectivity index (χ1v) is 10.6. The molecule has 1 saturated heterocycles. The maximum absolute atomic E-state index is 12.3. The van der Waals surface area contributed by atoms with Crippen LogP contribution in [0.15, 0.2) is 54.9 Å². The smallest absolute Gasteiger partial charge is 0.315 e. The zero-order valence-corrected chi connectivity index (χ0v) is 17.5. The van der Waals surface area contributed by atoms with Gasteiger partial charge in [0.1, 0.15) is 0 Å². The number of carbonyl (C=O) groups excluding carboxylic acids is 2. The number of hydrogen-bond acceptors (Lipinski definition) is 4. The van der Waals surface area contributed by atoms with Crippen molar-refractivity contribution in [3.05, 3.63) is 66.0 Å². The molecule has 0 bridgehead atoms. The molecule has 8 heteroatoms. The third-order valence-corrected chi connectivity index (χ3v) is 5.63. The van der Waals surface area contributed by atoms with Gasteiger partial charge in [-0.2, -0.15) is 0 Å². The van der Waals surface area contributed by atoms with Crippen molar-refractivity contribution in [3.63, 3.8) is 0 Å². The number of imidazole rings is 1. The highest BCUT2D eigenvalue weighted by molar-refractivity contribution is 5.76. The first-order chi connectivity index (χ1) is 15.1. The summed E-state index contributed by atoms with van der Waals surface area (Å²) >= 11 is 0. The Labute approximate surface area is 181 Å². The summed E-state index contributed by atoms with van der Waals surface area (Å²) in [6.07, 6.45) is 3.49. The maximum atomic E-state index is 12.3. The molecule has 0 aliphatic carbocycles. The number of rotatable bonds is 7. The minimum atomic E-state index is -0.312. The lowest BCUT2D eigenvalue weighted by Gasteiger charge is -2.31. The average molecular weight is 421 g/mol. The van der Waals surface area contributed by atoms with Crippen LogP contribution in [0.1, 0.15) is 24.0 Å². The number of aromatic nitrogens is 2. The summed E-state index contributed by atoms with van der Waals surface area (Å²) in [5.41, 5.74) is 9.54. The van der Waals surface area contributed by atoms with Crippen molar-refractivity contribution >= 4 is 23.0 Å². The van der Waals surface area contributed by atoms with Gasteiger partial charge in [0.05, 0.1) is 23.9 Å². The number of amides is 3. The summed E-state index contributed by atoms with van der Waals surface area (Å²) in [5, 5.41) is 5.98. The monoisotopic (exact) mass is 420 g/mol. The van der Waals surface area contributed by atoms with E-state index < -0.39 is 0 Å². The first-order valence-electron chi connectivity index (χ1n) is 10.6. The summed E-state index contributed by atoms with van der Waals surface area (Å²) in [6.45, 7) is 3.00. The normalized spacial score (nSPS) is 15.1. The molecule has 31 heavy (non-hydrogen) atoms. The van der Waals surface area contributed by atoms with E-state index in [1.54, 1.807) is 0 Å². The molecule has 1 aliphatic rings. The summed E-state index contributed by atoms with van der Waals surface area (Å²) in [5.74, 6) is -0.312. The van der Waals surface area contributed by atoms with E-state index in [4.69, 9.17) is 5.73 Å². The van der Waals surface area contributed by atoms with Gasteiger partial charge in [0.25, 0.3) is 0 Å². The molecule has 3 amide bonds. The second kappa shape index (κ2) is 9.61. The molecule has 0 saturated carbocycles. The number of carbonyl (C=O) groups is 2. The fourth-order valence-electron chi connectivity index (χ4n) is 4.05. The number of nitrogens with two attached hydrogens (primary N) is 1. The summed E-state index contributed by atoms with van der Waals surface area (Å²) in [6, 6.07) is 16.2. The Kier molecular flexibility index (Phi) is 6.47. The van der Waals surface area contributed by atoms with Crippen molar-refractivity contribution in [1.29, 1.82) is 0 Å². The predicted molar refractivity (Wildman–Crippen MR) is 119 cm³/mol. The third-order valence-electron chi connectivity index (χ3n) is 5.63. The van der Waals surface area contributed by atoms with Crippen molar-refractivity contribution in [2.24, 2.45) is 5.73 Å². The van der Waals surface area contributed by atoms with Crippen molar-refractivity contribution in [2.75, 3.05) is 19.6 Å². The third kappa shape index (κ3) is 5.61. The van der Waals surface area contributed by atoms with E-state index in [0.29, 0.717) is 6.54 Å². The van der Waals surface area contributed by atoms with E-state index in [-0.39, 0.29) is 24.5 Å². The number of para-hydroxylation sites is 2. The molecule has 0 spiro atoms. The number of hydrogen-bond donors (Lipinski definition) is 3. The molecule has 0 unspecified atom stereocenters. The van der Waals surface area contributed by atoms with Gasteiger partial charge in [-0.3, -0.25) is 9.69 Å². The van der Waals surface area contributed by atoms with E-state index >= 15 is 0 Å². The summed E-state index contributed by atoms with van der Waals surface area (Å²) < 4.78 is 2.12. The molecule has 2 heterocycles. The number of nitrogens with one attached hydrogen (secondary N) is 2. The van der Waals surface area contributed by atoms with Crippen LogP contribution in [-0.4, -0.2) is 52.1 Å². The van der Waals surface area contributed by atoms with Crippen LogP contribution < -0.4 is 16.4 Å². The Morgan fingerprint density at radius 2 is 1.84 bits per heavy atom. The number of primary amides is 1. The highest BCUT2D eigenvalue weighted by Crippen LogP contribution is 2.15. The van der Waals surface area contributed by atoms with Crippen LogP contribution in [-0.2, 0) is 17.9 Å². The van der Waals surface area contributed by atoms with Crippen molar-refractivity contribution in [2.45, 2.75) is 32.0 Å². The Balaban J connectivity index is 1.26. The van der Waals surface area contributed by atoms with Gasteiger partial charge in [-0.25, -0.2) is 9.78 Å². The second-order valence-electron chi connectivity index (χ2n) is 8.02. The zero-order chi connectivity index (χ0) is 21.6. The number of likely N-dealkylation sites (tertiary alicyclic amines) is 1. The minimum absolute atomic E-state index is 0.116. The van der Waals surface area contributed by atoms with Gasteiger partial charge >= 0.3 is 6.03 Å². The second-order valence-corrected chi connectivity index (χ2v) is 8.02. The van der Waals surface area contributed by atoms with E-state index in [1.807, 2.05) is 41.6 Å². The molecular weight excluding hydrogens is 392 g/mol. The van der Waals surface area contributed by atoms with Crippen LogP contribution in [0, 0.1) is 0 Å². The van der Waals surface area contributed by atoms with Gasteiger partial charge < -0.3 is 20.9 Å². The number of nitrogens with zero attached hydrogens (tertiary/aromatic N) is 3. The molecule has 1 fully saturated rings. The fourth-order valence-corrected chi connectivity index (χ4v) is 4.05. The van der Waals surface area contributed by atoms with Crippen LogP contribution in [0.4, 0.5) is 4.79 Å². The minimum Gasteiger partial charge on any atom is -0.369 e. The van der Waals surface area contributed by atoms with Gasteiger partial charge in [0, 0.05) is 32.2 Å². The number of piperidine rings is 1. The van der Waals surface area contributed by atoms with Crippen LogP contribution in [0.5, 0.6) is 0 Å². The molecule has 3 aromatic rings. The van der Waals surface area contributed by atoms with Gasteiger partial charge in [-0.15, -0.1) is 0 Å². The largest absolute Gasteiger partial charge is 0.369 e. The van der Waals surface area contributed by atoms with E-state index in [0.717, 1.165) is 54.6 Å². The number of urea groups is 1. The van der Waals surface area contributed by atoms with E-state index in [9.17, 15) is 9.59 Å². The van der Waals surface area contributed by atoms with Crippen LogP contribution in [0.3, 0.4) is 0 Å². The van der Waals surface area contributed by atoms with E-state index in [1.165, 1.54) is 0 Å². The summed E-state index contributed by atoms with van der Waals surface area (Å²) in [7, 11) is 0.